The minimum Gasteiger partial charge on any atom is -0.391 e. The van der Waals surface area contributed by atoms with Gasteiger partial charge in [-0.1, -0.05) is 23.1 Å². The van der Waals surface area contributed by atoms with Crippen molar-refractivity contribution < 1.29 is 5.11 Å². The van der Waals surface area contributed by atoms with Crippen molar-refractivity contribution in [3.8, 4) is 0 Å². The highest BCUT2D eigenvalue weighted by Crippen LogP contribution is 2.21. The fraction of sp³-hybridized carbons (Fsp3) is 0.778. The Kier molecular flexibility index (Phi) is 4.78. The number of hydrogen-bond acceptors (Lipinski definition) is 6. The largest absolute Gasteiger partial charge is 0.391 e. The van der Waals surface area contributed by atoms with Crippen LogP contribution in [0.4, 0.5) is 0 Å². The average molecular weight is 277 g/mol. The number of aliphatic hydroxyl groups excluding tert-OH is 1. The molecule has 2 heterocycles. The van der Waals surface area contributed by atoms with Crippen LogP contribution in [0.1, 0.15) is 12.8 Å². The molecule has 1 aromatic heterocycles. The number of nitrogens with one attached hydrogen (secondary N) is 1. The molecule has 0 aromatic carbocycles. The number of H-pyrrole nitrogens is 1. The van der Waals surface area contributed by atoms with E-state index in [-0.39, 0.29) is 6.10 Å². The van der Waals surface area contributed by atoms with Gasteiger partial charge in [0.05, 0.1) is 6.10 Å². The van der Waals surface area contributed by atoms with Crippen LogP contribution in [0.3, 0.4) is 0 Å². The molecule has 2 rings (SSSR count). The number of nitrogens with zero attached hydrogens (tertiary/aromatic N) is 2. The van der Waals surface area contributed by atoms with Crippen LogP contribution in [0, 0.1) is 3.95 Å². The minimum atomic E-state index is -0.277. The highest BCUT2D eigenvalue weighted by molar-refractivity contribution is 8.01. The van der Waals surface area contributed by atoms with Crippen molar-refractivity contribution in [1.82, 2.24) is 15.1 Å². The van der Waals surface area contributed by atoms with E-state index < -0.39 is 0 Å². The molecule has 0 radical (unpaired) electrons. The first-order chi connectivity index (χ1) is 7.74. The van der Waals surface area contributed by atoms with Crippen LogP contribution in [0.15, 0.2) is 4.34 Å². The summed E-state index contributed by atoms with van der Waals surface area (Å²) in [5.74, 6) is 0.687. The summed E-state index contributed by atoms with van der Waals surface area (Å²) in [6.07, 6.45) is 2.25. The van der Waals surface area contributed by atoms with E-state index in [1.165, 1.54) is 24.2 Å². The van der Waals surface area contributed by atoms with Crippen molar-refractivity contribution in [2.45, 2.75) is 23.3 Å². The van der Waals surface area contributed by atoms with E-state index in [9.17, 15) is 5.11 Å². The summed E-state index contributed by atoms with van der Waals surface area (Å²) in [7, 11) is 0. The van der Waals surface area contributed by atoms with Crippen LogP contribution in [0.25, 0.3) is 0 Å². The number of aromatic nitrogens is 2. The Hall–Kier alpha value is 0.0500. The lowest BCUT2D eigenvalue weighted by atomic mass is 10.4. The Bertz CT molecular complexity index is 372. The van der Waals surface area contributed by atoms with Gasteiger partial charge in [0.25, 0.3) is 0 Å². The summed E-state index contributed by atoms with van der Waals surface area (Å²) in [6, 6.07) is 0. The normalized spacial score (nSPS) is 19.1. The van der Waals surface area contributed by atoms with Crippen LogP contribution >= 0.6 is 35.3 Å². The van der Waals surface area contributed by atoms with Crippen molar-refractivity contribution in [3.05, 3.63) is 3.95 Å². The molecule has 7 heteroatoms. The van der Waals surface area contributed by atoms with Crippen molar-refractivity contribution in [3.63, 3.8) is 0 Å². The zero-order valence-electron chi connectivity index (χ0n) is 8.89. The summed E-state index contributed by atoms with van der Waals surface area (Å²) < 4.78 is 1.60. The summed E-state index contributed by atoms with van der Waals surface area (Å²) in [5.41, 5.74) is 0. The molecule has 0 spiro atoms. The fourth-order valence-electron chi connectivity index (χ4n) is 1.76. The van der Waals surface area contributed by atoms with E-state index in [2.05, 4.69) is 15.1 Å². The first-order valence-corrected chi connectivity index (χ1v) is 7.54. The summed E-state index contributed by atoms with van der Waals surface area (Å²) in [4.78, 5) is 2.32. The van der Waals surface area contributed by atoms with Gasteiger partial charge in [-0.05, 0) is 38.1 Å². The summed E-state index contributed by atoms with van der Waals surface area (Å²) in [5, 5.41) is 16.6. The molecule has 0 aliphatic carbocycles. The van der Waals surface area contributed by atoms with E-state index >= 15 is 0 Å². The molecule has 0 saturated carbocycles. The first kappa shape index (κ1) is 12.5. The third-order valence-corrected chi connectivity index (χ3v) is 4.86. The van der Waals surface area contributed by atoms with Gasteiger partial charge in [-0.15, -0.1) is 0 Å². The smallest absolute Gasteiger partial charge is 0.177 e. The van der Waals surface area contributed by atoms with Gasteiger partial charge in [0.1, 0.15) is 0 Å². The monoisotopic (exact) mass is 277 g/mol. The molecule has 1 atom stereocenters. The van der Waals surface area contributed by atoms with E-state index in [1.807, 2.05) is 0 Å². The van der Waals surface area contributed by atoms with Crippen LogP contribution in [0.2, 0.25) is 0 Å². The van der Waals surface area contributed by atoms with E-state index in [4.69, 9.17) is 12.2 Å². The molecule has 2 N–H and O–H groups in total. The highest BCUT2D eigenvalue weighted by atomic mass is 32.2. The maximum Gasteiger partial charge on any atom is 0.177 e. The first-order valence-electron chi connectivity index (χ1n) is 5.33. The van der Waals surface area contributed by atoms with E-state index in [0.29, 0.717) is 9.71 Å². The number of aliphatic hydroxyl groups is 1. The lowest BCUT2D eigenvalue weighted by Crippen LogP contribution is -2.31. The molecule has 0 amide bonds. The number of β-amino-alcohol motifs (C(OH)–C–C–N with tert-alkyl or cyclic N) is 1. The predicted molar refractivity (Wildman–Crippen MR) is 69.7 cm³/mol. The Balaban J connectivity index is 1.70. The Labute approximate surface area is 108 Å². The summed E-state index contributed by atoms with van der Waals surface area (Å²) >= 11 is 7.97. The third kappa shape index (κ3) is 3.81. The van der Waals surface area contributed by atoms with Gasteiger partial charge < -0.3 is 10.0 Å². The second-order valence-corrected chi connectivity index (χ2v) is 6.78. The zero-order chi connectivity index (χ0) is 11.4. The van der Waals surface area contributed by atoms with Crippen molar-refractivity contribution in [1.29, 1.82) is 0 Å². The highest BCUT2D eigenvalue weighted by Gasteiger charge is 2.16. The maximum atomic E-state index is 9.86. The number of hydrogen-bond donors (Lipinski definition) is 2. The van der Waals surface area contributed by atoms with Gasteiger partial charge in [0.2, 0.25) is 0 Å². The predicted octanol–water partition coefficient (Wildman–Crippen LogP) is 1.75. The van der Waals surface area contributed by atoms with Crippen molar-refractivity contribution in [2.75, 3.05) is 25.4 Å². The van der Waals surface area contributed by atoms with E-state index in [1.54, 1.807) is 11.8 Å². The second-order valence-electron chi connectivity index (χ2n) is 3.85. The van der Waals surface area contributed by atoms with E-state index in [0.717, 1.165) is 24.0 Å². The van der Waals surface area contributed by atoms with Crippen LogP contribution in [-0.2, 0) is 0 Å². The third-order valence-electron chi connectivity index (χ3n) is 2.49. The SMILES string of the molecule is OC(CSc1n[nH]c(=S)s1)CN1CCCC1. The van der Waals surface area contributed by atoms with Crippen LogP contribution in [-0.4, -0.2) is 51.7 Å². The average Bonchev–Trinajstić information content (AvgIpc) is 2.87. The quantitative estimate of drug-likeness (QED) is 0.634. The Morgan fingerprint density at radius 1 is 1.56 bits per heavy atom. The summed E-state index contributed by atoms with van der Waals surface area (Å²) in [6.45, 7) is 3.04. The second kappa shape index (κ2) is 6.11. The zero-order valence-corrected chi connectivity index (χ0v) is 11.3. The molecule has 90 valence electrons. The number of thioether (sulfide) groups is 1. The van der Waals surface area contributed by atoms with Gasteiger partial charge in [-0.2, -0.15) is 5.10 Å². The Morgan fingerprint density at radius 2 is 2.31 bits per heavy atom. The fourth-order valence-corrected chi connectivity index (χ4v) is 3.78. The number of rotatable bonds is 5. The van der Waals surface area contributed by atoms with Gasteiger partial charge in [-0.3, -0.25) is 5.10 Å². The molecule has 1 aromatic rings. The molecule has 4 nitrogen and oxygen atoms in total. The molecule has 1 unspecified atom stereocenters. The molecule has 1 aliphatic heterocycles. The molecular formula is C9H15N3OS3. The molecule has 1 aliphatic rings. The van der Waals surface area contributed by atoms with Crippen LogP contribution in [0.5, 0.6) is 0 Å². The van der Waals surface area contributed by atoms with Gasteiger partial charge in [-0.25, -0.2) is 0 Å². The molecule has 1 fully saturated rings. The molecular weight excluding hydrogens is 262 g/mol. The lowest BCUT2D eigenvalue weighted by Gasteiger charge is -2.18. The Morgan fingerprint density at radius 3 is 2.94 bits per heavy atom. The molecule has 16 heavy (non-hydrogen) atoms. The van der Waals surface area contributed by atoms with Gasteiger partial charge in [0, 0.05) is 12.3 Å². The lowest BCUT2D eigenvalue weighted by molar-refractivity contribution is 0.144. The van der Waals surface area contributed by atoms with Crippen molar-refractivity contribution >= 4 is 35.3 Å². The van der Waals surface area contributed by atoms with Gasteiger partial charge >= 0.3 is 0 Å². The van der Waals surface area contributed by atoms with Crippen LogP contribution < -0.4 is 0 Å². The minimum absolute atomic E-state index is 0.277. The standard InChI is InChI=1S/C9H15N3OS3/c13-7(5-12-3-1-2-4-12)6-15-9-11-10-8(14)16-9/h7,13H,1-6H2,(H,10,14). The maximum absolute atomic E-state index is 9.86. The van der Waals surface area contributed by atoms with Crippen molar-refractivity contribution in [2.24, 2.45) is 0 Å². The molecule has 0 bridgehead atoms. The molecule has 1 saturated heterocycles. The number of likely N-dealkylation sites (tertiary alicyclic amines) is 1. The topological polar surface area (TPSA) is 52.2 Å². The van der Waals surface area contributed by atoms with Gasteiger partial charge in [0.15, 0.2) is 8.29 Å². The number of aromatic amines is 1.